The molecule has 1 aliphatic heterocycles. The van der Waals surface area contributed by atoms with E-state index in [0.29, 0.717) is 25.7 Å². The van der Waals surface area contributed by atoms with Gasteiger partial charge in [0.2, 0.25) is 0 Å². The fraction of sp³-hybridized carbons (Fsp3) is 0.700. The molecular formula is C20H34N4O3. The molecule has 0 aliphatic carbocycles. The van der Waals surface area contributed by atoms with E-state index in [2.05, 4.69) is 29.5 Å². The van der Waals surface area contributed by atoms with Crippen molar-refractivity contribution in [2.45, 2.75) is 71.6 Å². The molecule has 1 saturated heterocycles. The third-order valence-corrected chi connectivity index (χ3v) is 4.38. The molecule has 2 N–H and O–H groups in total. The number of nitrogens with one attached hydrogen (secondary N) is 2. The SMILES string of the molecule is CCC(C)NC(=NCCc1ccco1)NC1CCN(C(=O)OC(C)(C)C)C1. The van der Waals surface area contributed by atoms with Crippen molar-refractivity contribution in [2.24, 2.45) is 4.99 Å². The Morgan fingerprint density at radius 1 is 1.48 bits per heavy atom. The van der Waals surface area contributed by atoms with Crippen molar-refractivity contribution >= 4 is 12.1 Å². The van der Waals surface area contributed by atoms with E-state index >= 15 is 0 Å². The van der Waals surface area contributed by atoms with Gasteiger partial charge in [0.05, 0.1) is 6.26 Å². The minimum Gasteiger partial charge on any atom is -0.469 e. The van der Waals surface area contributed by atoms with E-state index in [9.17, 15) is 4.79 Å². The fourth-order valence-electron chi connectivity index (χ4n) is 2.76. The Morgan fingerprint density at radius 2 is 2.26 bits per heavy atom. The lowest BCUT2D eigenvalue weighted by Gasteiger charge is -2.25. The third kappa shape index (κ3) is 7.53. The van der Waals surface area contributed by atoms with Gasteiger partial charge >= 0.3 is 6.09 Å². The van der Waals surface area contributed by atoms with Gasteiger partial charge in [-0.15, -0.1) is 0 Å². The Bertz CT molecular complexity index is 607. The minimum atomic E-state index is -0.473. The average Bonchev–Trinajstić information content (AvgIpc) is 3.24. The average molecular weight is 379 g/mol. The monoisotopic (exact) mass is 378 g/mol. The number of guanidine groups is 1. The number of rotatable bonds is 6. The molecule has 2 rings (SSSR count). The molecule has 0 aromatic carbocycles. The minimum absolute atomic E-state index is 0.163. The number of aliphatic imine (C=N–C) groups is 1. The molecule has 1 aliphatic rings. The molecule has 152 valence electrons. The van der Waals surface area contributed by atoms with Gasteiger partial charge < -0.3 is 24.7 Å². The zero-order valence-corrected chi connectivity index (χ0v) is 17.2. The smallest absolute Gasteiger partial charge is 0.410 e. The summed E-state index contributed by atoms with van der Waals surface area (Å²) in [5, 5.41) is 6.90. The number of likely N-dealkylation sites (tertiary alicyclic amines) is 1. The van der Waals surface area contributed by atoms with Crippen LogP contribution in [0.3, 0.4) is 0 Å². The van der Waals surface area contributed by atoms with Gasteiger partial charge in [-0.3, -0.25) is 4.99 Å². The van der Waals surface area contributed by atoms with Gasteiger partial charge in [-0.05, 0) is 52.7 Å². The van der Waals surface area contributed by atoms with Crippen LogP contribution in [0.2, 0.25) is 0 Å². The Labute approximate surface area is 162 Å². The van der Waals surface area contributed by atoms with Crippen LogP contribution < -0.4 is 10.6 Å². The summed E-state index contributed by atoms with van der Waals surface area (Å²) in [5.41, 5.74) is -0.473. The Balaban J connectivity index is 1.89. The van der Waals surface area contributed by atoms with Gasteiger partial charge in [0.15, 0.2) is 5.96 Å². The van der Waals surface area contributed by atoms with Crippen LogP contribution >= 0.6 is 0 Å². The normalized spacial score (nSPS) is 19.1. The van der Waals surface area contributed by atoms with Crippen molar-refractivity contribution < 1.29 is 13.9 Å². The first-order chi connectivity index (χ1) is 12.8. The molecule has 1 amide bonds. The van der Waals surface area contributed by atoms with Gasteiger partial charge in [-0.25, -0.2) is 4.79 Å². The summed E-state index contributed by atoms with van der Waals surface area (Å²) in [6, 6.07) is 4.33. The Hall–Kier alpha value is -2.18. The van der Waals surface area contributed by atoms with E-state index < -0.39 is 5.60 Å². The number of nitrogens with zero attached hydrogens (tertiary/aromatic N) is 2. The van der Waals surface area contributed by atoms with Gasteiger partial charge in [-0.1, -0.05) is 6.92 Å². The lowest BCUT2D eigenvalue weighted by molar-refractivity contribution is 0.0292. The number of amides is 1. The highest BCUT2D eigenvalue weighted by atomic mass is 16.6. The maximum absolute atomic E-state index is 12.2. The maximum Gasteiger partial charge on any atom is 0.410 e. The maximum atomic E-state index is 12.2. The highest BCUT2D eigenvalue weighted by molar-refractivity contribution is 5.80. The summed E-state index contributed by atoms with van der Waals surface area (Å²) < 4.78 is 10.8. The Morgan fingerprint density at radius 3 is 2.89 bits per heavy atom. The number of hydrogen-bond donors (Lipinski definition) is 2. The number of carbonyl (C=O) groups excluding carboxylic acids is 1. The molecule has 27 heavy (non-hydrogen) atoms. The summed E-state index contributed by atoms with van der Waals surface area (Å²) in [7, 11) is 0. The van der Waals surface area contributed by atoms with Crippen LogP contribution in [0.25, 0.3) is 0 Å². The van der Waals surface area contributed by atoms with Crippen LogP contribution in [0.15, 0.2) is 27.8 Å². The zero-order valence-electron chi connectivity index (χ0n) is 17.2. The summed E-state index contributed by atoms with van der Waals surface area (Å²) in [5.74, 6) is 1.71. The molecular weight excluding hydrogens is 344 g/mol. The Kier molecular flexibility index (Phi) is 7.56. The van der Waals surface area contributed by atoms with Crippen LogP contribution in [-0.4, -0.2) is 54.3 Å². The molecule has 0 radical (unpaired) electrons. The zero-order chi connectivity index (χ0) is 19.9. The molecule has 0 saturated carbocycles. The number of furan rings is 1. The molecule has 7 nitrogen and oxygen atoms in total. The first kappa shape index (κ1) is 21.1. The molecule has 1 aromatic heterocycles. The van der Waals surface area contributed by atoms with Gasteiger partial charge in [0.1, 0.15) is 11.4 Å². The second kappa shape index (κ2) is 9.67. The number of hydrogen-bond acceptors (Lipinski definition) is 4. The molecule has 1 aromatic rings. The molecule has 1 fully saturated rings. The van der Waals surface area contributed by atoms with Crippen LogP contribution in [0.1, 0.15) is 53.2 Å². The molecule has 2 atom stereocenters. The van der Waals surface area contributed by atoms with E-state index in [-0.39, 0.29) is 12.1 Å². The van der Waals surface area contributed by atoms with E-state index in [0.717, 1.165) is 31.0 Å². The van der Waals surface area contributed by atoms with E-state index in [4.69, 9.17) is 9.15 Å². The molecule has 0 spiro atoms. The van der Waals surface area contributed by atoms with Gasteiger partial charge in [0, 0.05) is 38.1 Å². The van der Waals surface area contributed by atoms with Crippen molar-refractivity contribution in [1.82, 2.24) is 15.5 Å². The standard InChI is InChI=1S/C20H34N4O3/c1-6-15(2)22-18(21-11-9-17-8-7-13-26-17)23-16-10-12-24(14-16)19(25)27-20(3,4)5/h7-8,13,15-16H,6,9-12,14H2,1-5H3,(H2,21,22,23). The van der Waals surface area contributed by atoms with E-state index in [1.807, 2.05) is 32.9 Å². The first-order valence-electron chi connectivity index (χ1n) is 9.84. The van der Waals surface area contributed by atoms with E-state index in [1.54, 1.807) is 11.2 Å². The molecule has 2 heterocycles. The van der Waals surface area contributed by atoms with Crippen LogP contribution in [0, 0.1) is 0 Å². The van der Waals surface area contributed by atoms with Gasteiger partial charge in [-0.2, -0.15) is 0 Å². The lowest BCUT2D eigenvalue weighted by atomic mass is 10.2. The quantitative estimate of drug-likeness (QED) is 0.587. The highest BCUT2D eigenvalue weighted by Gasteiger charge is 2.30. The second-order valence-corrected chi connectivity index (χ2v) is 8.07. The topological polar surface area (TPSA) is 79.1 Å². The summed E-state index contributed by atoms with van der Waals surface area (Å²) in [4.78, 5) is 18.7. The van der Waals surface area contributed by atoms with Gasteiger partial charge in [0.25, 0.3) is 0 Å². The van der Waals surface area contributed by atoms with Crippen molar-refractivity contribution in [3.63, 3.8) is 0 Å². The first-order valence-corrected chi connectivity index (χ1v) is 9.84. The van der Waals surface area contributed by atoms with Crippen LogP contribution in [0.4, 0.5) is 4.79 Å². The van der Waals surface area contributed by atoms with Crippen molar-refractivity contribution in [3.05, 3.63) is 24.2 Å². The lowest BCUT2D eigenvalue weighted by Crippen LogP contribution is -2.48. The third-order valence-electron chi connectivity index (χ3n) is 4.38. The van der Waals surface area contributed by atoms with Crippen LogP contribution in [-0.2, 0) is 11.2 Å². The largest absolute Gasteiger partial charge is 0.469 e. The van der Waals surface area contributed by atoms with Crippen LogP contribution in [0.5, 0.6) is 0 Å². The molecule has 2 unspecified atom stereocenters. The highest BCUT2D eigenvalue weighted by Crippen LogP contribution is 2.15. The van der Waals surface area contributed by atoms with Crippen molar-refractivity contribution in [3.8, 4) is 0 Å². The van der Waals surface area contributed by atoms with Crippen molar-refractivity contribution in [1.29, 1.82) is 0 Å². The number of ether oxygens (including phenoxy) is 1. The van der Waals surface area contributed by atoms with Crippen molar-refractivity contribution in [2.75, 3.05) is 19.6 Å². The van der Waals surface area contributed by atoms with E-state index in [1.165, 1.54) is 0 Å². The molecule has 0 bridgehead atoms. The number of carbonyl (C=O) groups is 1. The predicted molar refractivity (Wildman–Crippen MR) is 107 cm³/mol. The second-order valence-electron chi connectivity index (χ2n) is 8.07. The summed E-state index contributed by atoms with van der Waals surface area (Å²) in [6.45, 7) is 11.9. The molecule has 7 heteroatoms. The fourth-order valence-corrected chi connectivity index (χ4v) is 2.76. The summed E-state index contributed by atoms with van der Waals surface area (Å²) in [6.07, 6.45) is 4.07. The summed E-state index contributed by atoms with van der Waals surface area (Å²) >= 11 is 0. The predicted octanol–water partition coefficient (Wildman–Crippen LogP) is 3.17.